The van der Waals surface area contributed by atoms with Crippen LogP contribution in [0.1, 0.15) is 21.7 Å². The van der Waals surface area contributed by atoms with Crippen molar-refractivity contribution >= 4 is 46.5 Å². The second kappa shape index (κ2) is 7.80. The summed E-state index contributed by atoms with van der Waals surface area (Å²) in [6, 6.07) is 8.64. The van der Waals surface area contributed by atoms with Gasteiger partial charge in [-0.25, -0.2) is 0 Å². The number of nitrogens with zero attached hydrogens (tertiary/aromatic N) is 1. The lowest BCUT2D eigenvalue weighted by molar-refractivity contribution is -0.122. The summed E-state index contributed by atoms with van der Waals surface area (Å²) in [4.78, 5) is 37.9. The van der Waals surface area contributed by atoms with Crippen LogP contribution in [0, 0.1) is 6.92 Å². The number of furan rings is 1. The average Bonchev–Trinajstić information content (AvgIpc) is 3.15. The van der Waals surface area contributed by atoms with E-state index in [1.54, 1.807) is 43.3 Å². The Bertz CT molecular complexity index is 889. The Kier molecular flexibility index (Phi) is 5.49. The Hall–Kier alpha value is -2.51. The van der Waals surface area contributed by atoms with E-state index >= 15 is 0 Å². The summed E-state index contributed by atoms with van der Waals surface area (Å²) >= 11 is 6.71. The van der Waals surface area contributed by atoms with Gasteiger partial charge in [-0.3, -0.25) is 19.3 Å². The van der Waals surface area contributed by atoms with E-state index in [9.17, 15) is 14.4 Å². The maximum absolute atomic E-state index is 12.4. The highest BCUT2D eigenvalue weighted by atomic mass is 35.5. The summed E-state index contributed by atoms with van der Waals surface area (Å²) in [5.41, 5.74) is 1.50. The van der Waals surface area contributed by atoms with Gasteiger partial charge in [0, 0.05) is 23.7 Å². The number of rotatable bonds is 5. The number of thioether (sulfide) groups is 1. The van der Waals surface area contributed by atoms with E-state index in [0.29, 0.717) is 9.93 Å². The molecule has 0 unspecified atom stereocenters. The monoisotopic (exact) mass is 390 g/mol. The molecule has 1 N–H and O–H groups in total. The van der Waals surface area contributed by atoms with Crippen LogP contribution in [0.15, 0.2) is 45.9 Å². The van der Waals surface area contributed by atoms with Gasteiger partial charge in [0.1, 0.15) is 0 Å². The number of hydrogen-bond acceptors (Lipinski definition) is 5. The molecule has 0 bridgehead atoms. The molecule has 1 aromatic carbocycles. The topological polar surface area (TPSA) is 79.6 Å². The number of imide groups is 1. The number of hydrogen-bond donors (Lipinski definition) is 1. The van der Waals surface area contributed by atoms with Crippen LogP contribution < -0.4 is 5.32 Å². The van der Waals surface area contributed by atoms with Gasteiger partial charge in [-0.05, 0) is 48.5 Å². The molecule has 2 heterocycles. The molecule has 0 atom stereocenters. The molecule has 0 radical (unpaired) electrons. The van der Waals surface area contributed by atoms with Crippen molar-refractivity contribution in [3.63, 3.8) is 0 Å². The van der Waals surface area contributed by atoms with Crippen molar-refractivity contribution in [2.75, 3.05) is 13.1 Å². The van der Waals surface area contributed by atoms with Crippen molar-refractivity contribution in [3.8, 4) is 0 Å². The third-order valence-corrected chi connectivity index (χ3v) is 4.89. The van der Waals surface area contributed by atoms with Gasteiger partial charge in [-0.15, -0.1) is 0 Å². The zero-order valence-corrected chi connectivity index (χ0v) is 15.4. The molecule has 26 heavy (non-hydrogen) atoms. The van der Waals surface area contributed by atoms with Gasteiger partial charge in [0.05, 0.1) is 11.2 Å². The fourth-order valence-corrected chi connectivity index (χ4v) is 3.36. The zero-order valence-electron chi connectivity index (χ0n) is 13.8. The van der Waals surface area contributed by atoms with Gasteiger partial charge in [-0.2, -0.15) is 0 Å². The smallest absolute Gasteiger partial charge is 0.293 e. The number of halogens is 1. The molecule has 2 aromatic rings. The third-order valence-electron chi connectivity index (χ3n) is 3.73. The largest absolute Gasteiger partial charge is 0.459 e. The first kappa shape index (κ1) is 18.3. The predicted octanol–water partition coefficient (Wildman–Crippen LogP) is 3.71. The molecule has 0 spiro atoms. The molecule has 1 aromatic heterocycles. The Balaban J connectivity index is 1.60. The fourth-order valence-electron chi connectivity index (χ4n) is 2.37. The van der Waals surface area contributed by atoms with Gasteiger partial charge in [0.25, 0.3) is 17.1 Å². The van der Waals surface area contributed by atoms with Gasteiger partial charge in [0.2, 0.25) is 0 Å². The summed E-state index contributed by atoms with van der Waals surface area (Å²) in [5, 5.41) is 2.88. The van der Waals surface area contributed by atoms with Gasteiger partial charge in [0.15, 0.2) is 5.76 Å². The highest BCUT2D eigenvalue weighted by molar-refractivity contribution is 8.18. The minimum absolute atomic E-state index is 0.0914. The second-order valence-corrected chi connectivity index (χ2v) is 7.00. The molecular weight excluding hydrogens is 376 g/mol. The lowest BCUT2D eigenvalue weighted by Gasteiger charge is -2.12. The van der Waals surface area contributed by atoms with E-state index in [2.05, 4.69) is 5.32 Å². The first-order valence-corrected chi connectivity index (χ1v) is 8.98. The predicted molar refractivity (Wildman–Crippen MR) is 99.9 cm³/mol. The van der Waals surface area contributed by atoms with Crippen molar-refractivity contribution < 1.29 is 18.8 Å². The van der Waals surface area contributed by atoms with Crippen molar-refractivity contribution in [1.82, 2.24) is 10.2 Å². The van der Waals surface area contributed by atoms with E-state index in [1.807, 2.05) is 0 Å². The number of aryl methyl sites for hydroxylation is 1. The average molecular weight is 391 g/mol. The van der Waals surface area contributed by atoms with Crippen LogP contribution in [0.2, 0.25) is 5.02 Å². The molecule has 1 aliphatic heterocycles. The molecule has 134 valence electrons. The SMILES string of the molecule is Cc1ccoc1C(=O)NCCN1C(=O)SC(=Cc2ccc(Cl)cc2)C1=O. The highest BCUT2D eigenvalue weighted by Crippen LogP contribution is 2.32. The van der Waals surface area contributed by atoms with Gasteiger partial charge >= 0.3 is 0 Å². The van der Waals surface area contributed by atoms with Crippen molar-refractivity contribution in [3.05, 3.63) is 63.4 Å². The number of carbonyl (C=O) groups is 3. The summed E-state index contributed by atoms with van der Waals surface area (Å²) < 4.78 is 5.10. The number of nitrogens with one attached hydrogen (secondary N) is 1. The molecule has 3 amide bonds. The lowest BCUT2D eigenvalue weighted by atomic mass is 10.2. The maximum Gasteiger partial charge on any atom is 0.293 e. The van der Waals surface area contributed by atoms with Gasteiger partial charge in [-0.1, -0.05) is 23.7 Å². The molecule has 0 aliphatic carbocycles. The van der Waals surface area contributed by atoms with Crippen LogP contribution in [-0.2, 0) is 4.79 Å². The molecule has 6 nitrogen and oxygen atoms in total. The van der Waals surface area contributed by atoms with Crippen molar-refractivity contribution in [2.45, 2.75) is 6.92 Å². The lowest BCUT2D eigenvalue weighted by Crippen LogP contribution is -2.37. The Morgan fingerprint density at radius 3 is 2.65 bits per heavy atom. The Morgan fingerprint density at radius 1 is 1.27 bits per heavy atom. The van der Waals surface area contributed by atoms with Crippen LogP contribution in [0.25, 0.3) is 6.08 Å². The molecule has 3 rings (SSSR count). The number of carbonyl (C=O) groups excluding carboxylic acids is 3. The molecule has 0 saturated carbocycles. The Labute approximate surface area is 159 Å². The molecule has 1 saturated heterocycles. The van der Waals surface area contributed by atoms with E-state index in [4.69, 9.17) is 16.0 Å². The first-order valence-electron chi connectivity index (χ1n) is 7.79. The molecular formula is C18H15ClN2O4S. The molecule has 1 fully saturated rings. The van der Waals surface area contributed by atoms with E-state index in [-0.39, 0.29) is 35.9 Å². The third kappa shape index (κ3) is 4.00. The minimum atomic E-state index is -0.379. The standard InChI is InChI=1S/C18H15ClN2O4S/c1-11-6-9-25-15(11)16(22)20-7-8-21-17(23)14(26-18(21)24)10-12-2-4-13(19)5-3-12/h2-6,9-10H,7-8H2,1H3,(H,20,22). The van der Waals surface area contributed by atoms with Crippen LogP contribution in [0.5, 0.6) is 0 Å². The summed E-state index contributed by atoms with van der Waals surface area (Å²) in [5.74, 6) is -0.531. The van der Waals surface area contributed by atoms with Crippen molar-refractivity contribution in [2.24, 2.45) is 0 Å². The normalized spacial score (nSPS) is 15.8. The van der Waals surface area contributed by atoms with Crippen LogP contribution in [-0.4, -0.2) is 35.0 Å². The molecule has 8 heteroatoms. The number of amides is 3. The summed E-state index contributed by atoms with van der Waals surface area (Å²) in [6.07, 6.45) is 3.08. The van der Waals surface area contributed by atoms with Gasteiger partial charge < -0.3 is 9.73 Å². The van der Waals surface area contributed by atoms with Crippen LogP contribution in [0.3, 0.4) is 0 Å². The molecule has 1 aliphatic rings. The van der Waals surface area contributed by atoms with Crippen molar-refractivity contribution in [1.29, 1.82) is 0 Å². The van der Waals surface area contributed by atoms with E-state index in [1.165, 1.54) is 6.26 Å². The Morgan fingerprint density at radius 2 is 2.00 bits per heavy atom. The zero-order chi connectivity index (χ0) is 18.7. The van der Waals surface area contributed by atoms with Crippen LogP contribution >= 0.6 is 23.4 Å². The fraction of sp³-hybridized carbons (Fsp3) is 0.167. The van der Waals surface area contributed by atoms with E-state index < -0.39 is 0 Å². The minimum Gasteiger partial charge on any atom is -0.459 e. The van der Waals surface area contributed by atoms with E-state index in [0.717, 1.165) is 27.8 Å². The maximum atomic E-state index is 12.4. The highest BCUT2D eigenvalue weighted by Gasteiger charge is 2.34. The number of benzene rings is 1. The van der Waals surface area contributed by atoms with Crippen LogP contribution in [0.4, 0.5) is 4.79 Å². The second-order valence-electron chi connectivity index (χ2n) is 5.57. The summed E-state index contributed by atoms with van der Waals surface area (Å²) in [7, 11) is 0. The first-order chi connectivity index (χ1) is 12.5. The quantitative estimate of drug-likeness (QED) is 0.787. The summed E-state index contributed by atoms with van der Waals surface area (Å²) in [6.45, 7) is 2.00.